The fraction of sp³-hybridized carbons (Fsp3) is 0.154. The molecule has 2 aromatic rings. The van der Waals surface area contributed by atoms with Crippen molar-refractivity contribution < 1.29 is 23.0 Å². The van der Waals surface area contributed by atoms with Crippen molar-refractivity contribution in [1.29, 1.82) is 0 Å². The Bertz CT molecular complexity index is 600. The quantitative estimate of drug-likeness (QED) is 0.877. The molecule has 106 valence electrons. The molecule has 0 radical (unpaired) electrons. The van der Waals surface area contributed by atoms with E-state index >= 15 is 0 Å². The summed E-state index contributed by atoms with van der Waals surface area (Å²) in [6.07, 6.45) is -4.72. The molecule has 0 fully saturated rings. The highest BCUT2D eigenvalue weighted by atomic mass is 35.5. The third kappa shape index (κ3) is 3.61. The van der Waals surface area contributed by atoms with Gasteiger partial charge in [-0.1, -0.05) is 23.7 Å². The van der Waals surface area contributed by atoms with Crippen LogP contribution in [-0.2, 0) is 6.61 Å². The largest absolute Gasteiger partial charge is 0.573 e. The van der Waals surface area contributed by atoms with E-state index < -0.39 is 6.36 Å². The predicted molar refractivity (Wildman–Crippen MR) is 67.3 cm³/mol. The van der Waals surface area contributed by atoms with Gasteiger partial charge in [0.2, 0.25) is 0 Å². The lowest BCUT2D eigenvalue weighted by Gasteiger charge is -2.10. The highest BCUT2D eigenvalue weighted by Crippen LogP contribution is 2.29. The first-order valence-corrected chi connectivity index (χ1v) is 5.89. The van der Waals surface area contributed by atoms with Crippen molar-refractivity contribution in [3.8, 4) is 16.9 Å². The van der Waals surface area contributed by atoms with Crippen molar-refractivity contribution in [1.82, 2.24) is 4.98 Å². The number of benzene rings is 1. The summed E-state index contributed by atoms with van der Waals surface area (Å²) < 4.78 is 39.9. The van der Waals surface area contributed by atoms with E-state index in [0.29, 0.717) is 16.8 Å². The van der Waals surface area contributed by atoms with Gasteiger partial charge in [-0.3, -0.25) is 0 Å². The van der Waals surface area contributed by atoms with Crippen molar-refractivity contribution in [3.05, 3.63) is 47.2 Å². The molecule has 1 aromatic carbocycles. The minimum atomic E-state index is -4.72. The van der Waals surface area contributed by atoms with Gasteiger partial charge in [-0.2, -0.15) is 0 Å². The zero-order valence-electron chi connectivity index (χ0n) is 9.99. The second kappa shape index (κ2) is 5.68. The van der Waals surface area contributed by atoms with E-state index in [1.54, 1.807) is 12.1 Å². The van der Waals surface area contributed by atoms with E-state index in [0.717, 1.165) is 0 Å². The summed E-state index contributed by atoms with van der Waals surface area (Å²) in [5.41, 5.74) is 1.57. The van der Waals surface area contributed by atoms with E-state index in [-0.39, 0.29) is 17.5 Å². The van der Waals surface area contributed by atoms with Crippen LogP contribution in [0.1, 0.15) is 5.69 Å². The molecule has 0 atom stereocenters. The van der Waals surface area contributed by atoms with Crippen LogP contribution in [0.15, 0.2) is 36.4 Å². The summed E-state index contributed by atoms with van der Waals surface area (Å²) in [6, 6.07) is 8.51. The molecule has 0 saturated heterocycles. The number of hydrogen-bond acceptors (Lipinski definition) is 3. The average molecular weight is 304 g/mol. The minimum Gasteiger partial charge on any atom is -0.406 e. The van der Waals surface area contributed by atoms with Gasteiger partial charge in [0.05, 0.1) is 12.3 Å². The Hall–Kier alpha value is -1.79. The molecule has 0 aliphatic rings. The van der Waals surface area contributed by atoms with Crippen LogP contribution in [0.25, 0.3) is 11.1 Å². The molecule has 3 nitrogen and oxygen atoms in total. The number of nitrogens with zero attached hydrogens (tertiary/aromatic N) is 1. The van der Waals surface area contributed by atoms with Gasteiger partial charge >= 0.3 is 6.36 Å². The zero-order valence-corrected chi connectivity index (χ0v) is 10.7. The molecule has 0 unspecified atom stereocenters. The van der Waals surface area contributed by atoms with Crippen molar-refractivity contribution in [2.24, 2.45) is 0 Å². The highest BCUT2D eigenvalue weighted by Gasteiger charge is 2.30. The summed E-state index contributed by atoms with van der Waals surface area (Å²) in [6.45, 7) is -0.238. The number of alkyl halides is 3. The molecular weight excluding hydrogens is 295 g/mol. The summed E-state index contributed by atoms with van der Waals surface area (Å²) in [5.74, 6) is -0.308. The Balaban J connectivity index is 2.26. The SMILES string of the molecule is OCc1ccc(-c2ccc(OC(F)(F)F)cc2)c(Cl)n1. The summed E-state index contributed by atoms with van der Waals surface area (Å²) in [4.78, 5) is 3.95. The second-order valence-electron chi connectivity index (χ2n) is 3.87. The third-order valence-corrected chi connectivity index (χ3v) is 2.76. The van der Waals surface area contributed by atoms with E-state index in [9.17, 15) is 13.2 Å². The van der Waals surface area contributed by atoms with Crippen LogP contribution >= 0.6 is 11.6 Å². The molecule has 1 N–H and O–H groups in total. The fourth-order valence-electron chi connectivity index (χ4n) is 1.61. The minimum absolute atomic E-state index is 0.168. The normalized spacial score (nSPS) is 11.4. The first-order valence-electron chi connectivity index (χ1n) is 5.51. The summed E-state index contributed by atoms with van der Waals surface area (Å²) in [5, 5.41) is 9.09. The van der Waals surface area contributed by atoms with Crippen LogP contribution in [0.2, 0.25) is 5.15 Å². The van der Waals surface area contributed by atoms with Crippen LogP contribution in [-0.4, -0.2) is 16.5 Å². The average Bonchev–Trinajstić information content (AvgIpc) is 2.38. The molecule has 20 heavy (non-hydrogen) atoms. The lowest BCUT2D eigenvalue weighted by molar-refractivity contribution is -0.274. The van der Waals surface area contributed by atoms with Crippen LogP contribution in [0.4, 0.5) is 13.2 Å². The number of aliphatic hydroxyl groups excluding tert-OH is 1. The summed E-state index contributed by atoms with van der Waals surface area (Å²) >= 11 is 5.96. The Labute approximate surface area is 117 Å². The highest BCUT2D eigenvalue weighted by molar-refractivity contribution is 6.32. The maximum absolute atomic E-state index is 12.0. The van der Waals surface area contributed by atoms with E-state index in [1.807, 2.05) is 0 Å². The molecule has 0 amide bonds. The second-order valence-corrected chi connectivity index (χ2v) is 4.23. The van der Waals surface area contributed by atoms with Gasteiger partial charge in [-0.15, -0.1) is 13.2 Å². The number of rotatable bonds is 3. The lowest BCUT2D eigenvalue weighted by atomic mass is 10.1. The molecule has 2 rings (SSSR count). The molecule has 0 spiro atoms. The van der Waals surface area contributed by atoms with Crippen LogP contribution in [0.3, 0.4) is 0 Å². The molecular formula is C13H9ClF3NO2. The van der Waals surface area contributed by atoms with Gasteiger partial charge in [0.15, 0.2) is 0 Å². The molecule has 0 saturated carbocycles. The molecule has 0 aliphatic heterocycles. The van der Waals surface area contributed by atoms with E-state index in [2.05, 4.69) is 9.72 Å². The number of halogens is 4. The van der Waals surface area contributed by atoms with Crippen LogP contribution < -0.4 is 4.74 Å². The van der Waals surface area contributed by atoms with Gasteiger partial charge in [0, 0.05) is 5.56 Å². The Morgan fingerprint density at radius 2 is 1.75 bits per heavy atom. The number of aliphatic hydroxyl groups is 1. The first kappa shape index (κ1) is 14.6. The molecule has 1 aromatic heterocycles. The topological polar surface area (TPSA) is 42.4 Å². The number of hydrogen-bond donors (Lipinski definition) is 1. The van der Waals surface area contributed by atoms with Gasteiger partial charge in [-0.05, 0) is 29.8 Å². The first-order chi connectivity index (χ1) is 9.39. The van der Waals surface area contributed by atoms with Crippen molar-refractivity contribution >= 4 is 11.6 Å². The maximum atomic E-state index is 12.0. The number of pyridine rings is 1. The van der Waals surface area contributed by atoms with E-state index in [1.165, 1.54) is 24.3 Å². The Kier molecular flexibility index (Phi) is 4.15. The van der Waals surface area contributed by atoms with Crippen LogP contribution in [0.5, 0.6) is 5.75 Å². The molecule has 1 heterocycles. The monoisotopic (exact) mass is 303 g/mol. The zero-order chi connectivity index (χ0) is 14.8. The predicted octanol–water partition coefficient (Wildman–Crippen LogP) is 3.79. The van der Waals surface area contributed by atoms with Crippen molar-refractivity contribution in [3.63, 3.8) is 0 Å². The maximum Gasteiger partial charge on any atom is 0.573 e. The third-order valence-electron chi connectivity index (χ3n) is 2.47. The molecule has 0 bridgehead atoms. The van der Waals surface area contributed by atoms with Crippen molar-refractivity contribution in [2.45, 2.75) is 13.0 Å². The lowest BCUT2D eigenvalue weighted by Crippen LogP contribution is -2.16. The fourth-order valence-corrected chi connectivity index (χ4v) is 1.89. The number of aromatic nitrogens is 1. The van der Waals surface area contributed by atoms with Gasteiger partial charge in [0.25, 0.3) is 0 Å². The summed E-state index contributed by atoms with van der Waals surface area (Å²) in [7, 11) is 0. The molecule has 7 heteroatoms. The smallest absolute Gasteiger partial charge is 0.406 e. The molecule has 0 aliphatic carbocycles. The van der Waals surface area contributed by atoms with Gasteiger partial charge < -0.3 is 9.84 Å². The number of ether oxygens (including phenoxy) is 1. The van der Waals surface area contributed by atoms with Gasteiger partial charge in [0.1, 0.15) is 10.9 Å². The Morgan fingerprint density at radius 3 is 2.25 bits per heavy atom. The Morgan fingerprint density at radius 1 is 1.10 bits per heavy atom. The van der Waals surface area contributed by atoms with Gasteiger partial charge in [-0.25, -0.2) is 4.98 Å². The van der Waals surface area contributed by atoms with Crippen molar-refractivity contribution in [2.75, 3.05) is 0 Å². The van der Waals surface area contributed by atoms with E-state index in [4.69, 9.17) is 16.7 Å². The standard InChI is InChI=1S/C13H9ClF3NO2/c14-12-11(6-3-9(7-19)18-12)8-1-4-10(5-2-8)20-13(15,16)17/h1-6,19H,7H2. The van der Waals surface area contributed by atoms with Crippen LogP contribution in [0, 0.1) is 0 Å².